The highest BCUT2D eigenvalue weighted by Gasteiger charge is 2.08. The molecule has 3 nitrogen and oxygen atoms in total. The first kappa shape index (κ1) is 14.7. The van der Waals surface area contributed by atoms with Gasteiger partial charge in [0.2, 0.25) is 0 Å². The predicted octanol–water partition coefficient (Wildman–Crippen LogP) is 6.39. The first-order chi connectivity index (χ1) is 12.9. The molecule has 2 aromatic heterocycles. The Kier molecular flexibility index (Phi) is 3.42. The molecule has 5 aromatic rings. The number of nitrogens with one attached hydrogen (secondary N) is 1. The highest BCUT2D eigenvalue weighted by molar-refractivity contribution is 6.03. The molecule has 5 rings (SSSR count). The molecule has 0 radical (unpaired) electrons. The van der Waals surface area contributed by atoms with Crippen LogP contribution in [0.4, 0.5) is 11.4 Å². The number of fused-ring (bicyclic) bond motifs is 3. The molecule has 0 bridgehead atoms. The highest BCUT2D eigenvalue weighted by atomic mass is 16.3. The van der Waals surface area contributed by atoms with E-state index in [1.807, 2.05) is 24.3 Å². The molecule has 0 atom stereocenters. The molecule has 0 amide bonds. The Morgan fingerprint density at radius 3 is 2.27 bits per heavy atom. The topological polar surface area (TPSA) is 38.1 Å². The summed E-state index contributed by atoms with van der Waals surface area (Å²) in [7, 11) is 0. The van der Waals surface area contributed by atoms with Gasteiger partial charge in [0, 0.05) is 29.0 Å². The minimum Gasteiger partial charge on any atom is -0.454 e. The fourth-order valence-corrected chi connectivity index (χ4v) is 3.22. The minimum atomic E-state index is 0.812. The van der Waals surface area contributed by atoms with Crippen molar-refractivity contribution in [3.8, 4) is 11.1 Å². The summed E-state index contributed by atoms with van der Waals surface area (Å²) in [6, 6.07) is 28.8. The van der Waals surface area contributed by atoms with Crippen molar-refractivity contribution in [2.75, 3.05) is 5.32 Å². The van der Waals surface area contributed by atoms with Crippen LogP contribution >= 0.6 is 0 Å². The molecule has 0 saturated carbocycles. The third-order valence-electron chi connectivity index (χ3n) is 4.51. The average Bonchev–Trinajstić information content (AvgIpc) is 3.07. The summed E-state index contributed by atoms with van der Waals surface area (Å²) in [5.41, 5.74) is 7.00. The molecule has 0 spiro atoms. The van der Waals surface area contributed by atoms with Gasteiger partial charge >= 0.3 is 0 Å². The Morgan fingerprint density at radius 1 is 0.654 bits per heavy atom. The van der Waals surface area contributed by atoms with E-state index in [4.69, 9.17) is 4.42 Å². The summed E-state index contributed by atoms with van der Waals surface area (Å²) < 4.78 is 5.91. The molecule has 1 N–H and O–H groups in total. The van der Waals surface area contributed by atoms with Crippen molar-refractivity contribution in [3.63, 3.8) is 0 Å². The zero-order valence-corrected chi connectivity index (χ0v) is 14.0. The van der Waals surface area contributed by atoms with E-state index in [2.05, 4.69) is 71.0 Å². The van der Waals surface area contributed by atoms with Gasteiger partial charge in [0.25, 0.3) is 0 Å². The second-order valence-electron chi connectivity index (χ2n) is 6.23. The number of nitrogens with zero attached hydrogens (tertiary/aromatic N) is 1. The monoisotopic (exact) mass is 336 g/mol. The van der Waals surface area contributed by atoms with Crippen LogP contribution in [-0.4, -0.2) is 4.98 Å². The van der Waals surface area contributed by atoms with Crippen molar-refractivity contribution in [1.82, 2.24) is 4.98 Å². The second-order valence-corrected chi connectivity index (χ2v) is 6.23. The van der Waals surface area contributed by atoms with Gasteiger partial charge < -0.3 is 9.73 Å². The van der Waals surface area contributed by atoms with E-state index in [1.54, 1.807) is 6.20 Å². The van der Waals surface area contributed by atoms with Crippen LogP contribution in [0.3, 0.4) is 0 Å². The maximum absolute atomic E-state index is 5.91. The van der Waals surface area contributed by atoms with Crippen LogP contribution < -0.4 is 5.32 Å². The first-order valence-electron chi connectivity index (χ1n) is 8.57. The zero-order valence-electron chi connectivity index (χ0n) is 14.0. The standard InChI is InChI=1S/C23H16N2O/c1-2-5-16(6-3-1)17-8-10-18(11-9-17)25-19-12-13-20-22(15-19)26-21-7-4-14-24-23(20)21/h1-15,25H. The average molecular weight is 336 g/mol. The van der Waals surface area contributed by atoms with Gasteiger partial charge in [-0.25, -0.2) is 0 Å². The molecule has 3 aromatic carbocycles. The number of anilines is 2. The maximum atomic E-state index is 5.91. The van der Waals surface area contributed by atoms with E-state index in [-0.39, 0.29) is 0 Å². The van der Waals surface area contributed by atoms with Crippen molar-refractivity contribution >= 4 is 33.4 Å². The Morgan fingerprint density at radius 2 is 1.42 bits per heavy atom. The normalized spacial score (nSPS) is 11.1. The Balaban J connectivity index is 1.44. The maximum Gasteiger partial charge on any atom is 0.153 e. The fraction of sp³-hybridized carbons (Fsp3) is 0. The van der Waals surface area contributed by atoms with Gasteiger partial charge in [-0.05, 0) is 47.5 Å². The van der Waals surface area contributed by atoms with E-state index in [1.165, 1.54) is 11.1 Å². The Bertz CT molecular complexity index is 1190. The van der Waals surface area contributed by atoms with E-state index < -0.39 is 0 Å². The molecule has 0 aliphatic rings. The van der Waals surface area contributed by atoms with Gasteiger partial charge in [0.1, 0.15) is 11.1 Å². The van der Waals surface area contributed by atoms with Crippen LogP contribution in [0.1, 0.15) is 0 Å². The number of benzene rings is 3. The van der Waals surface area contributed by atoms with Crippen LogP contribution in [0.5, 0.6) is 0 Å². The molecule has 3 heteroatoms. The Hall–Kier alpha value is -3.59. The molecular formula is C23H16N2O. The summed E-state index contributed by atoms with van der Waals surface area (Å²) >= 11 is 0. The smallest absolute Gasteiger partial charge is 0.153 e. The van der Waals surface area contributed by atoms with Crippen LogP contribution in [0.25, 0.3) is 33.2 Å². The molecule has 124 valence electrons. The SMILES string of the molecule is c1ccc(-c2ccc(Nc3ccc4c(c3)oc3cccnc34)cc2)cc1. The van der Waals surface area contributed by atoms with Gasteiger partial charge in [-0.1, -0.05) is 42.5 Å². The molecule has 0 aliphatic heterocycles. The van der Waals surface area contributed by atoms with Crippen LogP contribution in [0, 0.1) is 0 Å². The third kappa shape index (κ3) is 2.60. The van der Waals surface area contributed by atoms with Crippen LogP contribution in [0.2, 0.25) is 0 Å². The molecule has 26 heavy (non-hydrogen) atoms. The number of pyridine rings is 1. The van der Waals surface area contributed by atoms with Gasteiger partial charge in [-0.15, -0.1) is 0 Å². The van der Waals surface area contributed by atoms with E-state index >= 15 is 0 Å². The van der Waals surface area contributed by atoms with Gasteiger partial charge in [0.15, 0.2) is 5.58 Å². The lowest BCUT2D eigenvalue weighted by atomic mass is 10.1. The summed E-state index contributed by atoms with van der Waals surface area (Å²) in [5.74, 6) is 0. The van der Waals surface area contributed by atoms with E-state index in [0.29, 0.717) is 0 Å². The highest BCUT2D eigenvalue weighted by Crippen LogP contribution is 2.30. The first-order valence-corrected chi connectivity index (χ1v) is 8.57. The summed E-state index contributed by atoms with van der Waals surface area (Å²) in [6.07, 6.45) is 1.79. The van der Waals surface area contributed by atoms with Crippen molar-refractivity contribution in [2.24, 2.45) is 0 Å². The minimum absolute atomic E-state index is 0.812. The Labute approximate surface area is 150 Å². The van der Waals surface area contributed by atoms with Gasteiger partial charge in [0.05, 0.1) is 0 Å². The van der Waals surface area contributed by atoms with Gasteiger partial charge in [-0.3, -0.25) is 4.98 Å². The summed E-state index contributed by atoms with van der Waals surface area (Å²) in [6.45, 7) is 0. The molecule has 0 aliphatic carbocycles. The number of hydrogen-bond donors (Lipinski definition) is 1. The van der Waals surface area contributed by atoms with Crippen molar-refractivity contribution in [3.05, 3.63) is 91.1 Å². The quantitative estimate of drug-likeness (QED) is 0.415. The van der Waals surface area contributed by atoms with Gasteiger partial charge in [-0.2, -0.15) is 0 Å². The van der Waals surface area contributed by atoms with Crippen LogP contribution in [0.15, 0.2) is 95.5 Å². The lowest BCUT2D eigenvalue weighted by Gasteiger charge is -2.08. The zero-order chi connectivity index (χ0) is 17.3. The number of aromatic nitrogens is 1. The van der Waals surface area contributed by atoms with Crippen molar-refractivity contribution in [2.45, 2.75) is 0 Å². The largest absolute Gasteiger partial charge is 0.454 e. The number of hydrogen-bond acceptors (Lipinski definition) is 3. The predicted molar refractivity (Wildman–Crippen MR) is 107 cm³/mol. The van der Waals surface area contributed by atoms with Crippen LogP contribution in [-0.2, 0) is 0 Å². The lowest BCUT2D eigenvalue weighted by Crippen LogP contribution is -1.89. The number of rotatable bonds is 3. The molecule has 2 heterocycles. The number of furan rings is 1. The second kappa shape index (κ2) is 6.05. The lowest BCUT2D eigenvalue weighted by molar-refractivity contribution is 0.668. The third-order valence-corrected chi connectivity index (χ3v) is 4.51. The molecular weight excluding hydrogens is 320 g/mol. The van der Waals surface area contributed by atoms with E-state index in [0.717, 1.165) is 33.4 Å². The van der Waals surface area contributed by atoms with E-state index in [9.17, 15) is 0 Å². The summed E-state index contributed by atoms with van der Waals surface area (Å²) in [5, 5.41) is 4.47. The summed E-state index contributed by atoms with van der Waals surface area (Å²) in [4.78, 5) is 4.41. The van der Waals surface area contributed by atoms with Crippen molar-refractivity contribution in [1.29, 1.82) is 0 Å². The molecule has 0 saturated heterocycles. The van der Waals surface area contributed by atoms with Crippen molar-refractivity contribution < 1.29 is 4.42 Å². The molecule has 0 unspecified atom stereocenters. The fourth-order valence-electron chi connectivity index (χ4n) is 3.22. The molecule has 0 fully saturated rings.